The normalized spacial score (nSPS) is 12.5. The molecule has 1 aliphatic rings. The topological polar surface area (TPSA) is 80.0 Å². The molecule has 0 amide bonds. The highest BCUT2D eigenvalue weighted by atomic mass is 15.1. The number of nitrogens with zero attached hydrogens (tertiary/aromatic N) is 4. The van der Waals surface area contributed by atoms with E-state index in [4.69, 9.17) is 5.73 Å². The van der Waals surface area contributed by atoms with E-state index in [1.165, 1.54) is 12.0 Å². The minimum atomic E-state index is 0.461. The van der Waals surface area contributed by atoms with Gasteiger partial charge < -0.3 is 16.0 Å². The molecule has 0 atom stereocenters. The third-order valence-corrected chi connectivity index (χ3v) is 3.80. The minimum absolute atomic E-state index is 0.461. The first-order chi connectivity index (χ1) is 11.8. The van der Waals surface area contributed by atoms with Crippen molar-refractivity contribution in [3.8, 4) is 0 Å². The van der Waals surface area contributed by atoms with Crippen LogP contribution in [0.25, 0.3) is 11.0 Å². The van der Waals surface area contributed by atoms with Crippen molar-refractivity contribution < 1.29 is 0 Å². The Morgan fingerprint density at radius 3 is 2.96 bits per heavy atom. The van der Waals surface area contributed by atoms with Gasteiger partial charge in [0.25, 0.3) is 0 Å². The maximum Gasteiger partial charge on any atom is 0.166 e. The monoisotopic (exact) mass is 320 g/mol. The van der Waals surface area contributed by atoms with Crippen LogP contribution < -0.4 is 11.1 Å². The summed E-state index contributed by atoms with van der Waals surface area (Å²) in [5.74, 6) is 1.25. The summed E-state index contributed by atoms with van der Waals surface area (Å²) in [4.78, 5) is 15.0. The van der Waals surface area contributed by atoms with Crippen LogP contribution in [-0.4, -0.2) is 39.5 Å². The zero-order valence-electron chi connectivity index (χ0n) is 13.7. The Bertz CT molecular complexity index is 857. The zero-order valence-corrected chi connectivity index (χ0v) is 13.7. The van der Waals surface area contributed by atoms with Gasteiger partial charge in [0.05, 0.1) is 5.39 Å². The van der Waals surface area contributed by atoms with E-state index < -0.39 is 0 Å². The Kier molecular flexibility index (Phi) is 4.92. The van der Waals surface area contributed by atoms with Crippen LogP contribution in [-0.2, 0) is 0 Å². The van der Waals surface area contributed by atoms with Crippen molar-refractivity contribution in [2.45, 2.75) is 13.3 Å². The molecule has 0 unspecified atom stereocenters. The first-order valence-electron chi connectivity index (χ1n) is 8.01. The number of likely N-dealkylation sites (N-methyl/N-ethyl adjacent to an activating group) is 1. The van der Waals surface area contributed by atoms with Gasteiger partial charge in [-0.3, -0.25) is 0 Å². The van der Waals surface area contributed by atoms with Gasteiger partial charge in [0.2, 0.25) is 0 Å². The fourth-order valence-corrected chi connectivity index (χ4v) is 2.58. The standard InChI is InChI=1S/C18H20N6/c1-2-24(14-7-4-3-5-8-14)12-6-11-20-17-15-9-10-16(19)23-18(15)22-13-21-17/h4,7-10,13H,2,6,11-12H2,1H3,(H3,19,20,21,22,23). The average Bonchev–Trinajstić information content (AvgIpc) is 2.62. The number of anilines is 2. The fraction of sp³-hybridized carbons (Fsp3) is 0.278. The van der Waals surface area contributed by atoms with Gasteiger partial charge in [-0.2, -0.15) is 0 Å². The van der Waals surface area contributed by atoms with E-state index in [0.717, 1.165) is 37.3 Å². The summed E-state index contributed by atoms with van der Waals surface area (Å²) in [6.07, 6.45) is 8.40. The summed E-state index contributed by atoms with van der Waals surface area (Å²) in [5.41, 5.74) is 13.4. The maximum atomic E-state index is 5.70. The van der Waals surface area contributed by atoms with Crippen LogP contribution in [0.5, 0.6) is 0 Å². The van der Waals surface area contributed by atoms with E-state index in [1.54, 1.807) is 6.07 Å². The van der Waals surface area contributed by atoms with E-state index in [-0.39, 0.29) is 0 Å². The van der Waals surface area contributed by atoms with Crippen molar-refractivity contribution in [3.05, 3.63) is 53.8 Å². The first kappa shape index (κ1) is 15.8. The highest BCUT2D eigenvalue weighted by Crippen LogP contribution is 2.18. The van der Waals surface area contributed by atoms with Gasteiger partial charge in [0.1, 0.15) is 18.0 Å². The van der Waals surface area contributed by atoms with E-state index in [2.05, 4.69) is 49.6 Å². The van der Waals surface area contributed by atoms with Crippen molar-refractivity contribution in [1.29, 1.82) is 0 Å². The number of hydrogen-bond acceptors (Lipinski definition) is 6. The second-order valence-corrected chi connectivity index (χ2v) is 5.38. The summed E-state index contributed by atoms with van der Waals surface area (Å²) >= 11 is 0. The van der Waals surface area contributed by atoms with Gasteiger partial charge in [-0.1, -0.05) is 11.5 Å². The van der Waals surface area contributed by atoms with Crippen LogP contribution >= 0.6 is 0 Å². The van der Waals surface area contributed by atoms with Crippen LogP contribution in [0.1, 0.15) is 13.3 Å². The number of aromatic nitrogens is 3. The van der Waals surface area contributed by atoms with Gasteiger partial charge in [-0.05, 0) is 37.6 Å². The van der Waals surface area contributed by atoms with Gasteiger partial charge >= 0.3 is 0 Å². The number of nitrogens with two attached hydrogens (primary N) is 1. The van der Waals surface area contributed by atoms with Crippen LogP contribution in [0.4, 0.5) is 11.6 Å². The maximum absolute atomic E-state index is 5.70. The predicted octanol–water partition coefficient (Wildman–Crippen LogP) is 2.49. The third-order valence-electron chi connectivity index (χ3n) is 3.80. The zero-order chi connectivity index (χ0) is 16.8. The summed E-state index contributed by atoms with van der Waals surface area (Å²) in [5, 5.41) is 4.25. The van der Waals surface area contributed by atoms with Crippen LogP contribution in [0, 0.1) is 0 Å². The molecule has 2 aromatic rings. The third kappa shape index (κ3) is 3.63. The van der Waals surface area contributed by atoms with Gasteiger partial charge in [-0.15, -0.1) is 0 Å². The second kappa shape index (κ2) is 7.47. The summed E-state index contributed by atoms with van der Waals surface area (Å²) in [7, 11) is 0. The molecule has 6 heteroatoms. The van der Waals surface area contributed by atoms with E-state index in [9.17, 15) is 0 Å². The Balaban J connectivity index is 1.58. The molecule has 24 heavy (non-hydrogen) atoms. The van der Waals surface area contributed by atoms with Crippen molar-refractivity contribution in [2.75, 3.05) is 30.7 Å². The van der Waals surface area contributed by atoms with Crippen molar-refractivity contribution in [2.24, 2.45) is 0 Å². The molecule has 2 heterocycles. The fourth-order valence-electron chi connectivity index (χ4n) is 2.58. The highest BCUT2D eigenvalue weighted by molar-refractivity contribution is 5.86. The molecule has 6 nitrogen and oxygen atoms in total. The second-order valence-electron chi connectivity index (χ2n) is 5.38. The van der Waals surface area contributed by atoms with E-state index in [0.29, 0.717) is 11.5 Å². The lowest BCUT2D eigenvalue weighted by Crippen LogP contribution is -2.24. The SMILES string of the molecule is CCN(CCCNc1ncnc2nc(N)ccc12)C1=CC=C=C=C1. The lowest BCUT2D eigenvalue weighted by Gasteiger charge is -2.24. The Hall–Kier alpha value is -3.07. The average molecular weight is 320 g/mol. The number of fused-ring (bicyclic) bond motifs is 1. The van der Waals surface area contributed by atoms with E-state index in [1.807, 2.05) is 18.2 Å². The molecule has 0 radical (unpaired) electrons. The van der Waals surface area contributed by atoms with Crippen molar-refractivity contribution in [1.82, 2.24) is 19.9 Å². The minimum Gasteiger partial charge on any atom is -0.384 e. The van der Waals surface area contributed by atoms with Gasteiger partial charge in [0, 0.05) is 31.4 Å². The molecule has 0 saturated heterocycles. The molecule has 3 N–H and O–H groups in total. The number of allylic oxidation sites excluding steroid dienone is 3. The number of nitrogens with one attached hydrogen (secondary N) is 1. The Morgan fingerprint density at radius 1 is 1.25 bits per heavy atom. The van der Waals surface area contributed by atoms with Crippen molar-refractivity contribution >= 4 is 22.7 Å². The molecule has 3 rings (SSSR count). The Morgan fingerprint density at radius 2 is 2.17 bits per heavy atom. The number of hydrogen-bond donors (Lipinski definition) is 2. The van der Waals surface area contributed by atoms with E-state index >= 15 is 0 Å². The molecular weight excluding hydrogens is 300 g/mol. The molecule has 0 fully saturated rings. The lowest BCUT2D eigenvalue weighted by molar-refractivity contribution is 0.371. The number of rotatable bonds is 7. The lowest BCUT2D eigenvalue weighted by atomic mass is 10.2. The molecule has 0 bridgehead atoms. The summed E-state index contributed by atoms with van der Waals surface area (Å²) < 4.78 is 0. The van der Waals surface area contributed by atoms with Crippen LogP contribution in [0.2, 0.25) is 0 Å². The van der Waals surface area contributed by atoms with Crippen molar-refractivity contribution in [3.63, 3.8) is 0 Å². The molecule has 0 aromatic carbocycles. The quantitative estimate of drug-likeness (QED) is 0.603. The predicted molar refractivity (Wildman–Crippen MR) is 96.3 cm³/mol. The van der Waals surface area contributed by atoms with Crippen LogP contribution in [0.3, 0.4) is 0 Å². The van der Waals surface area contributed by atoms with Crippen LogP contribution in [0.15, 0.2) is 53.8 Å². The molecule has 0 saturated carbocycles. The molecular formula is C18H20N6. The number of nitrogen functional groups attached to an aromatic ring is 1. The molecule has 2 aromatic heterocycles. The van der Waals surface area contributed by atoms with Gasteiger partial charge in [-0.25, -0.2) is 15.0 Å². The summed E-state index contributed by atoms with van der Waals surface area (Å²) in [6.45, 7) is 4.88. The highest BCUT2D eigenvalue weighted by Gasteiger charge is 2.07. The smallest absolute Gasteiger partial charge is 0.166 e. The Labute approximate surface area is 141 Å². The first-order valence-corrected chi connectivity index (χ1v) is 8.01. The molecule has 1 aliphatic carbocycles. The molecule has 0 aliphatic heterocycles. The molecule has 0 spiro atoms. The largest absolute Gasteiger partial charge is 0.384 e. The molecule has 122 valence electrons. The summed E-state index contributed by atoms with van der Waals surface area (Å²) in [6, 6.07) is 3.66. The number of pyridine rings is 1. The van der Waals surface area contributed by atoms with Gasteiger partial charge in [0.15, 0.2) is 5.65 Å².